The first-order valence-electron chi connectivity index (χ1n) is 10.3. The molecule has 0 bridgehead atoms. The fraction of sp³-hybridized carbons (Fsp3) is 0.208. The molecule has 4 rings (SSSR count). The quantitative estimate of drug-likeness (QED) is 0.431. The molecule has 8 heteroatoms. The van der Waals surface area contributed by atoms with E-state index in [0.29, 0.717) is 29.1 Å². The predicted octanol–water partition coefficient (Wildman–Crippen LogP) is 3.59. The van der Waals surface area contributed by atoms with Gasteiger partial charge in [0.1, 0.15) is 11.6 Å². The van der Waals surface area contributed by atoms with Crippen LogP contribution in [0.1, 0.15) is 31.7 Å². The van der Waals surface area contributed by atoms with E-state index in [1.165, 1.54) is 0 Å². The summed E-state index contributed by atoms with van der Waals surface area (Å²) in [4.78, 5) is 40.4. The monoisotopic (exact) mass is 428 g/mol. The largest absolute Gasteiger partial charge is 0.369 e. The van der Waals surface area contributed by atoms with Crippen molar-refractivity contribution in [3.05, 3.63) is 76.7 Å². The Balaban J connectivity index is 1.77. The minimum absolute atomic E-state index is 0.242. The van der Waals surface area contributed by atoms with Crippen molar-refractivity contribution in [3.8, 4) is 11.3 Å². The van der Waals surface area contributed by atoms with Gasteiger partial charge in [0, 0.05) is 29.8 Å². The third-order valence-corrected chi connectivity index (χ3v) is 5.87. The van der Waals surface area contributed by atoms with Crippen molar-refractivity contribution in [2.24, 2.45) is 5.73 Å². The van der Waals surface area contributed by atoms with Gasteiger partial charge in [-0.05, 0) is 55.5 Å². The molecule has 4 aromatic rings. The summed E-state index contributed by atoms with van der Waals surface area (Å²) in [5, 5.41) is 4.44. The maximum atomic E-state index is 12.6. The number of amides is 1. The zero-order valence-corrected chi connectivity index (χ0v) is 18.1. The lowest BCUT2D eigenvalue weighted by Crippen LogP contribution is -2.37. The van der Waals surface area contributed by atoms with Gasteiger partial charge in [0.05, 0.1) is 16.5 Å². The zero-order chi connectivity index (χ0) is 22.9. The number of rotatable bonds is 6. The molecule has 162 valence electrons. The Kier molecular flexibility index (Phi) is 5.44. The molecule has 0 spiro atoms. The molecule has 0 aliphatic carbocycles. The van der Waals surface area contributed by atoms with Gasteiger partial charge in [-0.15, -0.1) is 0 Å². The number of fused-ring (bicyclic) bond motifs is 1. The predicted molar refractivity (Wildman–Crippen MR) is 125 cm³/mol. The van der Waals surface area contributed by atoms with Crippen LogP contribution >= 0.6 is 0 Å². The first-order chi connectivity index (χ1) is 15.3. The number of pyridine rings is 2. The molecule has 0 saturated carbocycles. The van der Waals surface area contributed by atoms with Crippen LogP contribution in [0.2, 0.25) is 0 Å². The van der Waals surface area contributed by atoms with Gasteiger partial charge in [0.2, 0.25) is 5.91 Å². The minimum atomic E-state index is -0.744. The molecule has 1 amide bonds. The summed E-state index contributed by atoms with van der Waals surface area (Å²) in [7, 11) is 0. The highest BCUT2D eigenvalue weighted by Crippen LogP contribution is 2.30. The number of hydrogen-bond donors (Lipinski definition) is 3. The SMILES string of the molecule is CCC(C)(C(N)=O)c1ccc(Nc2nc(-c3cnc(C)nc3)cc3cc[nH]c(=O)c23)cc1. The average Bonchev–Trinajstić information content (AvgIpc) is 2.79. The molecule has 4 N–H and O–H groups in total. The number of hydrogen-bond acceptors (Lipinski definition) is 6. The van der Waals surface area contributed by atoms with Gasteiger partial charge in [0.15, 0.2) is 0 Å². The number of nitrogens with two attached hydrogens (primary N) is 1. The maximum absolute atomic E-state index is 12.6. The van der Waals surface area contributed by atoms with Crippen LogP contribution in [0.15, 0.2) is 59.8 Å². The number of nitrogens with zero attached hydrogens (tertiary/aromatic N) is 3. The molecule has 0 aliphatic rings. The van der Waals surface area contributed by atoms with E-state index in [4.69, 9.17) is 5.73 Å². The lowest BCUT2D eigenvalue weighted by atomic mass is 9.79. The van der Waals surface area contributed by atoms with Gasteiger partial charge >= 0.3 is 0 Å². The number of aromatic amines is 1. The van der Waals surface area contributed by atoms with Crippen LogP contribution in [-0.4, -0.2) is 25.8 Å². The highest BCUT2D eigenvalue weighted by Gasteiger charge is 2.30. The number of anilines is 2. The number of carbonyl (C=O) groups excluding carboxylic acids is 1. The third kappa shape index (κ3) is 3.82. The van der Waals surface area contributed by atoms with Crippen molar-refractivity contribution in [2.45, 2.75) is 32.6 Å². The Bertz CT molecular complexity index is 1350. The topological polar surface area (TPSA) is 127 Å². The number of aromatic nitrogens is 4. The standard InChI is InChI=1S/C24H24N6O2/c1-4-24(3,23(25)32)17-5-7-18(8-6-17)29-21-20-15(9-10-26-22(20)31)11-19(30-21)16-12-27-14(2)28-13-16/h5-13H,4H2,1-3H3,(H2,25,32)(H,26,31)(H,29,30). The van der Waals surface area contributed by atoms with Gasteiger partial charge in [0.25, 0.3) is 5.56 Å². The summed E-state index contributed by atoms with van der Waals surface area (Å²) in [5.41, 5.74) is 7.59. The number of aryl methyl sites for hydroxylation is 1. The molecular weight excluding hydrogens is 404 g/mol. The highest BCUT2D eigenvalue weighted by molar-refractivity contribution is 5.95. The lowest BCUT2D eigenvalue weighted by Gasteiger charge is -2.25. The molecule has 3 aromatic heterocycles. The van der Waals surface area contributed by atoms with Crippen LogP contribution in [-0.2, 0) is 10.2 Å². The van der Waals surface area contributed by atoms with E-state index in [-0.39, 0.29) is 11.5 Å². The molecule has 0 saturated heterocycles. The molecule has 1 aromatic carbocycles. The van der Waals surface area contributed by atoms with E-state index in [9.17, 15) is 9.59 Å². The van der Waals surface area contributed by atoms with Crippen LogP contribution < -0.4 is 16.6 Å². The van der Waals surface area contributed by atoms with E-state index in [1.54, 1.807) is 18.6 Å². The second kappa shape index (κ2) is 8.22. The Hall–Kier alpha value is -4.07. The summed E-state index contributed by atoms with van der Waals surface area (Å²) in [5.74, 6) is 0.716. The van der Waals surface area contributed by atoms with E-state index >= 15 is 0 Å². The Morgan fingerprint density at radius 1 is 1.16 bits per heavy atom. The second-order valence-corrected chi connectivity index (χ2v) is 7.90. The van der Waals surface area contributed by atoms with Gasteiger partial charge in [-0.2, -0.15) is 0 Å². The van der Waals surface area contributed by atoms with Crippen molar-refractivity contribution >= 4 is 28.2 Å². The maximum Gasteiger partial charge on any atom is 0.259 e. The summed E-state index contributed by atoms with van der Waals surface area (Å²) in [6.07, 6.45) is 5.61. The second-order valence-electron chi connectivity index (χ2n) is 7.90. The highest BCUT2D eigenvalue weighted by atomic mass is 16.1. The number of primary amides is 1. The van der Waals surface area contributed by atoms with Gasteiger partial charge in [-0.3, -0.25) is 9.59 Å². The number of nitrogens with one attached hydrogen (secondary N) is 2. The normalized spacial score (nSPS) is 13.0. The molecule has 0 radical (unpaired) electrons. The number of carbonyl (C=O) groups is 1. The molecule has 0 fully saturated rings. The van der Waals surface area contributed by atoms with E-state index in [2.05, 4.69) is 25.3 Å². The van der Waals surface area contributed by atoms with Crippen LogP contribution in [0.4, 0.5) is 11.5 Å². The van der Waals surface area contributed by atoms with Gasteiger partial charge in [-0.25, -0.2) is 15.0 Å². The third-order valence-electron chi connectivity index (χ3n) is 5.87. The first kappa shape index (κ1) is 21.2. The summed E-state index contributed by atoms with van der Waals surface area (Å²) < 4.78 is 0. The van der Waals surface area contributed by atoms with Crippen LogP contribution in [0, 0.1) is 6.92 Å². The summed E-state index contributed by atoms with van der Waals surface area (Å²) >= 11 is 0. The molecule has 1 unspecified atom stereocenters. The molecule has 32 heavy (non-hydrogen) atoms. The Labute approximate surface area is 185 Å². The van der Waals surface area contributed by atoms with Crippen molar-refractivity contribution < 1.29 is 4.79 Å². The first-order valence-corrected chi connectivity index (χ1v) is 10.3. The fourth-order valence-corrected chi connectivity index (χ4v) is 3.56. The van der Waals surface area contributed by atoms with Crippen LogP contribution in [0.3, 0.4) is 0 Å². The summed E-state index contributed by atoms with van der Waals surface area (Å²) in [6, 6.07) is 11.1. The summed E-state index contributed by atoms with van der Waals surface area (Å²) in [6.45, 7) is 5.58. The fourth-order valence-electron chi connectivity index (χ4n) is 3.56. The van der Waals surface area contributed by atoms with E-state index in [0.717, 1.165) is 22.2 Å². The Morgan fingerprint density at radius 2 is 1.84 bits per heavy atom. The van der Waals surface area contributed by atoms with Gasteiger partial charge < -0.3 is 16.0 Å². The number of benzene rings is 1. The smallest absolute Gasteiger partial charge is 0.259 e. The van der Waals surface area contributed by atoms with Crippen molar-refractivity contribution in [1.29, 1.82) is 0 Å². The lowest BCUT2D eigenvalue weighted by molar-refractivity contribution is -0.123. The molecule has 0 aliphatic heterocycles. The molecule has 3 heterocycles. The minimum Gasteiger partial charge on any atom is -0.369 e. The van der Waals surface area contributed by atoms with E-state index in [1.807, 2.05) is 57.2 Å². The number of H-pyrrole nitrogens is 1. The van der Waals surface area contributed by atoms with Crippen molar-refractivity contribution in [1.82, 2.24) is 19.9 Å². The van der Waals surface area contributed by atoms with E-state index < -0.39 is 5.41 Å². The molecule has 1 atom stereocenters. The van der Waals surface area contributed by atoms with Crippen LogP contribution in [0.25, 0.3) is 22.0 Å². The Morgan fingerprint density at radius 3 is 2.47 bits per heavy atom. The van der Waals surface area contributed by atoms with Crippen LogP contribution in [0.5, 0.6) is 0 Å². The zero-order valence-electron chi connectivity index (χ0n) is 18.1. The van der Waals surface area contributed by atoms with Crippen molar-refractivity contribution in [2.75, 3.05) is 5.32 Å². The average molecular weight is 428 g/mol. The van der Waals surface area contributed by atoms with Gasteiger partial charge in [-0.1, -0.05) is 19.1 Å². The molecular formula is C24H24N6O2. The van der Waals surface area contributed by atoms with Crippen molar-refractivity contribution in [3.63, 3.8) is 0 Å². The molecule has 8 nitrogen and oxygen atoms in total.